The van der Waals surface area contributed by atoms with E-state index < -0.39 is 6.04 Å². The van der Waals surface area contributed by atoms with Gasteiger partial charge in [0, 0.05) is 13.6 Å². The van der Waals surface area contributed by atoms with Gasteiger partial charge < -0.3 is 15.0 Å². The van der Waals surface area contributed by atoms with Crippen molar-refractivity contribution in [3.63, 3.8) is 0 Å². The van der Waals surface area contributed by atoms with Gasteiger partial charge in [-0.3, -0.25) is 9.59 Å². The van der Waals surface area contributed by atoms with Crippen LogP contribution in [0.25, 0.3) is 10.8 Å². The highest BCUT2D eigenvalue weighted by Crippen LogP contribution is 2.22. The van der Waals surface area contributed by atoms with E-state index in [1.54, 1.807) is 19.1 Å². The second-order valence-electron chi connectivity index (χ2n) is 8.19. The number of ether oxygens (including phenoxy) is 1. The number of fused-ring (bicyclic) bond motifs is 1. The van der Waals surface area contributed by atoms with Gasteiger partial charge in [-0.2, -0.15) is 0 Å². The summed E-state index contributed by atoms with van der Waals surface area (Å²) in [5.74, 6) is 0.565. The van der Waals surface area contributed by atoms with Crippen LogP contribution in [0.4, 0.5) is 0 Å². The topological polar surface area (TPSA) is 58.6 Å². The minimum Gasteiger partial charge on any atom is -0.497 e. The lowest BCUT2D eigenvalue weighted by atomic mass is 10.0. The summed E-state index contributed by atoms with van der Waals surface area (Å²) >= 11 is 0. The SMILES string of the molecule is COc1ccc2cc(CN(C)C(=O)C(NC(=O)Cc3ccccc3)C(C)C)ccc2c1. The molecule has 3 aromatic carbocycles. The number of rotatable bonds is 8. The van der Waals surface area contributed by atoms with E-state index in [9.17, 15) is 9.59 Å². The highest BCUT2D eigenvalue weighted by atomic mass is 16.5. The number of hydrogen-bond donors (Lipinski definition) is 1. The molecule has 0 aliphatic carbocycles. The Labute approximate surface area is 184 Å². The average molecular weight is 419 g/mol. The molecule has 0 bridgehead atoms. The van der Waals surface area contributed by atoms with Crippen molar-refractivity contribution in [1.82, 2.24) is 10.2 Å². The third-order valence-corrected chi connectivity index (χ3v) is 5.36. The Kier molecular flexibility index (Phi) is 7.29. The van der Waals surface area contributed by atoms with Gasteiger partial charge in [0.05, 0.1) is 13.5 Å². The van der Waals surface area contributed by atoms with Crippen molar-refractivity contribution in [1.29, 1.82) is 0 Å². The summed E-state index contributed by atoms with van der Waals surface area (Å²) in [6.07, 6.45) is 0.259. The highest BCUT2D eigenvalue weighted by Gasteiger charge is 2.27. The molecule has 1 atom stereocenters. The van der Waals surface area contributed by atoms with Crippen molar-refractivity contribution in [3.05, 3.63) is 77.9 Å². The van der Waals surface area contributed by atoms with E-state index in [1.807, 2.05) is 74.5 Å². The molecular weight excluding hydrogens is 388 g/mol. The summed E-state index contributed by atoms with van der Waals surface area (Å²) in [4.78, 5) is 27.3. The lowest BCUT2D eigenvalue weighted by molar-refractivity contribution is -0.136. The summed E-state index contributed by atoms with van der Waals surface area (Å²) in [7, 11) is 3.43. The Bertz CT molecular complexity index is 1050. The first kappa shape index (κ1) is 22.3. The largest absolute Gasteiger partial charge is 0.497 e. The third kappa shape index (κ3) is 5.85. The molecule has 1 N–H and O–H groups in total. The van der Waals surface area contributed by atoms with Crippen LogP contribution in [-0.2, 0) is 22.6 Å². The summed E-state index contributed by atoms with van der Waals surface area (Å²) in [5.41, 5.74) is 1.96. The smallest absolute Gasteiger partial charge is 0.245 e. The van der Waals surface area contributed by atoms with Crippen molar-refractivity contribution in [3.8, 4) is 5.75 Å². The van der Waals surface area contributed by atoms with Crippen molar-refractivity contribution < 1.29 is 14.3 Å². The molecule has 0 saturated carbocycles. The first-order valence-corrected chi connectivity index (χ1v) is 10.5. The Balaban J connectivity index is 1.67. The molecule has 0 aliphatic rings. The molecule has 3 aromatic rings. The van der Waals surface area contributed by atoms with Gasteiger partial charge in [-0.25, -0.2) is 0 Å². The van der Waals surface area contributed by atoms with Crippen molar-refractivity contribution in [2.24, 2.45) is 5.92 Å². The fourth-order valence-electron chi connectivity index (χ4n) is 3.61. The number of nitrogens with one attached hydrogen (secondary N) is 1. The molecular formula is C26H30N2O3. The van der Waals surface area contributed by atoms with E-state index >= 15 is 0 Å². The number of amides is 2. The molecule has 5 heteroatoms. The number of carbonyl (C=O) groups excluding carboxylic acids is 2. The molecule has 0 spiro atoms. The number of nitrogens with zero attached hydrogens (tertiary/aromatic N) is 1. The van der Waals surface area contributed by atoms with E-state index in [1.165, 1.54) is 0 Å². The van der Waals surface area contributed by atoms with Gasteiger partial charge in [-0.1, -0.05) is 62.4 Å². The highest BCUT2D eigenvalue weighted by molar-refractivity contribution is 5.89. The summed E-state index contributed by atoms with van der Waals surface area (Å²) < 4.78 is 5.28. The number of carbonyl (C=O) groups is 2. The van der Waals surface area contributed by atoms with Gasteiger partial charge in [0.15, 0.2) is 0 Å². The minimum absolute atomic E-state index is 0.0151. The lowest BCUT2D eigenvalue weighted by Gasteiger charge is -2.27. The average Bonchev–Trinajstić information content (AvgIpc) is 2.77. The maximum absolute atomic E-state index is 13.1. The molecule has 0 heterocycles. The van der Waals surface area contributed by atoms with Crippen LogP contribution in [0.3, 0.4) is 0 Å². The molecule has 0 fully saturated rings. The predicted molar refractivity (Wildman–Crippen MR) is 124 cm³/mol. The zero-order valence-corrected chi connectivity index (χ0v) is 18.6. The Morgan fingerprint density at radius 3 is 2.29 bits per heavy atom. The van der Waals surface area contributed by atoms with E-state index in [-0.39, 0.29) is 24.2 Å². The summed E-state index contributed by atoms with van der Waals surface area (Å²) in [6.45, 7) is 4.36. The normalized spacial score (nSPS) is 11.9. The first-order valence-electron chi connectivity index (χ1n) is 10.5. The number of likely N-dealkylation sites (N-methyl/N-ethyl adjacent to an activating group) is 1. The second-order valence-corrected chi connectivity index (χ2v) is 8.19. The van der Waals surface area contributed by atoms with Gasteiger partial charge in [-0.05, 0) is 46.0 Å². The van der Waals surface area contributed by atoms with Crippen LogP contribution >= 0.6 is 0 Å². The van der Waals surface area contributed by atoms with E-state index in [4.69, 9.17) is 4.74 Å². The molecule has 2 amide bonds. The standard InChI is InChI=1S/C26H30N2O3/c1-18(2)25(27-24(29)15-19-8-6-5-7-9-19)26(30)28(3)17-20-10-11-22-16-23(31-4)13-12-21(22)14-20/h5-14,16,18,25H,15,17H2,1-4H3,(H,27,29). The molecule has 31 heavy (non-hydrogen) atoms. The number of hydrogen-bond acceptors (Lipinski definition) is 3. The maximum Gasteiger partial charge on any atom is 0.245 e. The fourth-order valence-corrected chi connectivity index (χ4v) is 3.61. The molecule has 0 radical (unpaired) electrons. The van der Waals surface area contributed by atoms with E-state index in [2.05, 4.69) is 11.4 Å². The molecule has 5 nitrogen and oxygen atoms in total. The maximum atomic E-state index is 13.1. The quantitative estimate of drug-likeness (QED) is 0.597. The van der Waals surface area contributed by atoms with Crippen molar-refractivity contribution in [2.45, 2.75) is 32.9 Å². The van der Waals surface area contributed by atoms with Crippen LogP contribution in [0, 0.1) is 5.92 Å². The van der Waals surface area contributed by atoms with Gasteiger partial charge >= 0.3 is 0 Å². The van der Waals surface area contributed by atoms with Crippen molar-refractivity contribution >= 4 is 22.6 Å². The third-order valence-electron chi connectivity index (χ3n) is 5.36. The van der Waals surface area contributed by atoms with Crippen LogP contribution in [0.1, 0.15) is 25.0 Å². The van der Waals surface area contributed by atoms with Crippen LogP contribution in [0.2, 0.25) is 0 Å². The van der Waals surface area contributed by atoms with Gasteiger partial charge in [0.2, 0.25) is 11.8 Å². The van der Waals surface area contributed by atoms with E-state index in [0.29, 0.717) is 6.54 Å². The molecule has 1 unspecified atom stereocenters. The van der Waals surface area contributed by atoms with E-state index in [0.717, 1.165) is 27.6 Å². The van der Waals surface area contributed by atoms with Gasteiger partial charge in [0.25, 0.3) is 0 Å². The van der Waals surface area contributed by atoms with Crippen LogP contribution in [-0.4, -0.2) is 36.9 Å². The molecule has 0 aliphatic heterocycles. The molecule has 3 rings (SSSR count). The van der Waals surface area contributed by atoms with Gasteiger partial charge in [-0.15, -0.1) is 0 Å². The molecule has 162 valence electrons. The number of benzene rings is 3. The minimum atomic E-state index is -0.564. The molecule has 0 saturated heterocycles. The molecule has 0 aromatic heterocycles. The summed E-state index contributed by atoms with van der Waals surface area (Å²) in [6, 6.07) is 21.0. The van der Waals surface area contributed by atoms with Crippen LogP contribution in [0.5, 0.6) is 5.75 Å². The fraction of sp³-hybridized carbons (Fsp3) is 0.308. The Morgan fingerprint density at radius 2 is 1.61 bits per heavy atom. The van der Waals surface area contributed by atoms with Crippen molar-refractivity contribution in [2.75, 3.05) is 14.2 Å². The zero-order chi connectivity index (χ0) is 22.4. The second kappa shape index (κ2) is 10.1. The van der Waals surface area contributed by atoms with Gasteiger partial charge in [0.1, 0.15) is 11.8 Å². The van der Waals surface area contributed by atoms with Crippen LogP contribution < -0.4 is 10.1 Å². The Hall–Kier alpha value is -3.34. The van der Waals surface area contributed by atoms with Crippen LogP contribution in [0.15, 0.2) is 66.7 Å². The number of methoxy groups -OCH3 is 1. The monoisotopic (exact) mass is 418 g/mol. The zero-order valence-electron chi connectivity index (χ0n) is 18.6. The summed E-state index contributed by atoms with van der Waals surface area (Å²) in [5, 5.41) is 5.11. The first-order chi connectivity index (χ1) is 14.9. The lowest BCUT2D eigenvalue weighted by Crippen LogP contribution is -2.50. The predicted octanol–water partition coefficient (Wildman–Crippen LogP) is 4.19. The Morgan fingerprint density at radius 1 is 0.935 bits per heavy atom.